The number of nitrogens with one attached hydrogen (secondary N) is 1. The fraction of sp³-hybridized carbons (Fsp3) is 0.0476. The lowest BCUT2D eigenvalue weighted by Gasteiger charge is -2.08. The predicted octanol–water partition coefficient (Wildman–Crippen LogP) is 5.22. The van der Waals surface area contributed by atoms with Gasteiger partial charge in [-0.3, -0.25) is 5.43 Å². The summed E-state index contributed by atoms with van der Waals surface area (Å²) in [5, 5.41) is 5.14. The summed E-state index contributed by atoms with van der Waals surface area (Å²) in [5.41, 5.74) is 7.82. The number of hydrogen-bond acceptors (Lipinski definition) is 3. The van der Waals surface area contributed by atoms with E-state index >= 15 is 0 Å². The van der Waals surface area contributed by atoms with E-state index in [0.717, 1.165) is 16.7 Å². The first-order valence-electron chi connectivity index (χ1n) is 8.15. The molecule has 0 bridgehead atoms. The highest BCUT2D eigenvalue weighted by molar-refractivity contribution is 6.30. The molecule has 0 spiro atoms. The first-order chi connectivity index (χ1) is 12.6. The Hall–Kier alpha value is -2.98. The van der Waals surface area contributed by atoms with Gasteiger partial charge in [0, 0.05) is 21.7 Å². The molecule has 0 radical (unpaired) electrons. The minimum absolute atomic E-state index is 0.334. The molecular weight excluding hydrogens is 349 g/mol. The summed E-state index contributed by atoms with van der Waals surface area (Å²) in [6.07, 6.45) is 0. The van der Waals surface area contributed by atoms with Crippen molar-refractivity contribution >= 4 is 28.8 Å². The van der Waals surface area contributed by atoms with E-state index < -0.39 is 0 Å². The molecule has 0 saturated carbocycles. The maximum absolute atomic E-state index is 13.9. The molecule has 1 aliphatic rings. The molecule has 3 aromatic carbocycles. The monoisotopic (exact) mass is 363 g/mol. The molecule has 0 amide bonds. The maximum Gasteiger partial charge on any atom is 0.154 e. The predicted molar refractivity (Wildman–Crippen MR) is 104 cm³/mol. The summed E-state index contributed by atoms with van der Waals surface area (Å²) in [4.78, 5) is 4.67. The highest BCUT2D eigenvalue weighted by Gasteiger charge is 2.18. The quantitative estimate of drug-likeness (QED) is 0.665. The molecule has 128 valence electrons. The van der Waals surface area contributed by atoms with Crippen molar-refractivity contribution in [3.05, 3.63) is 99.8 Å². The van der Waals surface area contributed by atoms with Crippen molar-refractivity contribution in [1.82, 2.24) is 5.43 Å². The Kier molecular flexibility index (Phi) is 4.27. The van der Waals surface area contributed by atoms with Crippen molar-refractivity contribution in [2.45, 2.75) is 6.92 Å². The zero-order chi connectivity index (χ0) is 18.1. The van der Waals surface area contributed by atoms with Crippen LogP contribution in [0, 0.1) is 12.7 Å². The number of hydrogen-bond donors (Lipinski definition) is 1. The van der Waals surface area contributed by atoms with Gasteiger partial charge in [-0.15, -0.1) is 0 Å². The Bertz CT molecular complexity index is 1020. The molecule has 26 heavy (non-hydrogen) atoms. The Labute approximate surface area is 155 Å². The number of halogens is 2. The van der Waals surface area contributed by atoms with E-state index in [1.807, 2.05) is 43.3 Å². The zero-order valence-corrected chi connectivity index (χ0v) is 14.8. The molecule has 5 heteroatoms. The summed E-state index contributed by atoms with van der Waals surface area (Å²) >= 11 is 5.99. The van der Waals surface area contributed by atoms with Gasteiger partial charge in [0.25, 0.3) is 0 Å². The van der Waals surface area contributed by atoms with Gasteiger partial charge in [0.1, 0.15) is 11.5 Å². The minimum atomic E-state index is -0.334. The Morgan fingerprint density at radius 1 is 0.885 bits per heavy atom. The molecule has 1 aliphatic heterocycles. The van der Waals surface area contributed by atoms with Crippen molar-refractivity contribution in [3.63, 3.8) is 0 Å². The third kappa shape index (κ3) is 3.24. The van der Waals surface area contributed by atoms with Gasteiger partial charge in [0.2, 0.25) is 0 Å². The van der Waals surface area contributed by atoms with E-state index in [-0.39, 0.29) is 5.82 Å². The van der Waals surface area contributed by atoms with Crippen LogP contribution in [-0.2, 0) is 0 Å². The normalized spacial score (nSPS) is 13.2. The van der Waals surface area contributed by atoms with Crippen LogP contribution in [-0.4, -0.2) is 11.5 Å². The maximum atomic E-state index is 13.9. The van der Waals surface area contributed by atoms with E-state index in [0.29, 0.717) is 27.8 Å². The van der Waals surface area contributed by atoms with Crippen molar-refractivity contribution < 1.29 is 4.39 Å². The van der Waals surface area contributed by atoms with Crippen molar-refractivity contribution in [3.8, 4) is 0 Å². The molecule has 0 saturated heterocycles. The Morgan fingerprint density at radius 3 is 2.31 bits per heavy atom. The lowest BCUT2D eigenvalue weighted by molar-refractivity contribution is 0.627. The summed E-state index contributed by atoms with van der Waals surface area (Å²) < 4.78 is 13.9. The molecule has 0 aromatic heterocycles. The van der Waals surface area contributed by atoms with E-state index in [1.54, 1.807) is 18.2 Å². The van der Waals surface area contributed by atoms with Crippen LogP contribution in [0.25, 0.3) is 0 Å². The van der Waals surface area contributed by atoms with Crippen LogP contribution in [0.4, 0.5) is 10.1 Å². The number of aliphatic imine (C=N–C) groups is 1. The SMILES string of the molecule is Cc1ccc(C2=Nc3ccc(F)cc3C(c3ccc(Cl)cc3)=NN2)cc1. The first-order valence-corrected chi connectivity index (χ1v) is 8.53. The molecule has 1 N–H and O–H groups in total. The fourth-order valence-corrected chi connectivity index (χ4v) is 2.90. The van der Waals surface area contributed by atoms with Gasteiger partial charge >= 0.3 is 0 Å². The van der Waals surface area contributed by atoms with Gasteiger partial charge in [-0.25, -0.2) is 9.38 Å². The average molecular weight is 364 g/mol. The number of aryl methyl sites for hydroxylation is 1. The molecule has 0 aliphatic carbocycles. The Balaban J connectivity index is 1.85. The smallest absolute Gasteiger partial charge is 0.154 e. The highest BCUT2D eigenvalue weighted by Crippen LogP contribution is 2.27. The number of rotatable bonds is 2. The second-order valence-corrected chi connectivity index (χ2v) is 6.50. The number of nitrogens with zero attached hydrogens (tertiary/aromatic N) is 2. The molecule has 3 nitrogen and oxygen atoms in total. The fourth-order valence-electron chi connectivity index (χ4n) is 2.78. The number of benzene rings is 3. The summed E-state index contributed by atoms with van der Waals surface area (Å²) in [7, 11) is 0. The van der Waals surface area contributed by atoms with E-state index in [4.69, 9.17) is 11.6 Å². The van der Waals surface area contributed by atoms with Crippen LogP contribution >= 0.6 is 11.6 Å². The van der Waals surface area contributed by atoms with Gasteiger partial charge in [-0.1, -0.05) is 53.6 Å². The molecule has 0 atom stereocenters. The Morgan fingerprint density at radius 2 is 1.58 bits per heavy atom. The second-order valence-electron chi connectivity index (χ2n) is 6.07. The molecule has 0 unspecified atom stereocenters. The summed E-state index contributed by atoms with van der Waals surface area (Å²) in [6, 6.07) is 19.8. The number of fused-ring (bicyclic) bond motifs is 1. The van der Waals surface area contributed by atoms with Gasteiger partial charge in [-0.05, 0) is 37.3 Å². The largest absolute Gasteiger partial charge is 0.260 e. The van der Waals surface area contributed by atoms with Crippen molar-refractivity contribution in [2.75, 3.05) is 0 Å². The minimum Gasteiger partial charge on any atom is -0.260 e. The second kappa shape index (κ2) is 6.73. The lowest BCUT2D eigenvalue weighted by Crippen LogP contribution is -2.19. The highest BCUT2D eigenvalue weighted by atomic mass is 35.5. The van der Waals surface area contributed by atoms with Crippen LogP contribution in [0.3, 0.4) is 0 Å². The van der Waals surface area contributed by atoms with Crippen LogP contribution in [0.5, 0.6) is 0 Å². The van der Waals surface area contributed by atoms with Gasteiger partial charge in [0.05, 0.1) is 5.69 Å². The topological polar surface area (TPSA) is 36.8 Å². The molecule has 0 fully saturated rings. The first kappa shape index (κ1) is 16.5. The van der Waals surface area contributed by atoms with Gasteiger partial charge in [-0.2, -0.15) is 5.10 Å². The van der Waals surface area contributed by atoms with Crippen LogP contribution in [0.1, 0.15) is 22.3 Å². The van der Waals surface area contributed by atoms with Crippen LogP contribution in [0.2, 0.25) is 5.02 Å². The van der Waals surface area contributed by atoms with E-state index in [9.17, 15) is 4.39 Å². The third-order valence-electron chi connectivity index (χ3n) is 4.16. The average Bonchev–Trinajstić information content (AvgIpc) is 2.83. The van der Waals surface area contributed by atoms with Crippen molar-refractivity contribution in [1.29, 1.82) is 0 Å². The standard InChI is InChI=1S/C21H15ClFN3/c1-13-2-4-15(5-3-13)21-24-19-11-10-17(23)12-18(19)20(25-26-21)14-6-8-16(22)9-7-14/h2-12H,1H3,(H,24,26). The number of amidine groups is 1. The van der Waals surface area contributed by atoms with Gasteiger partial charge in [0.15, 0.2) is 5.84 Å². The third-order valence-corrected chi connectivity index (χ3v) is 4.41. The van der Waals surface area contributed by atoms with Crippen molar-refractivity contribution in [2.24, 2.45) is 10.1 Å². The number of hydrazone groups is 1. The van der Waals surface area contributed by atoms with E-state index in [2.05, 4.69) is 15.5 Å². The van der Waals surface area contributed by atoms with Crippen LogP contribution in [0.15, 0.2) is 76.8 Å². The molecule has 1 heterocycles. The van der Waals surface area contributed by atoms with Gasteiger partial charge < -0.3 is 0 Å². The zero-order valence-electron chi connectivity index (χ0n) is 14.0. The molecular formula is C21H15ClFN3. The van der Waals surface area contributed by atoms with Crippen LogP contribution < -0.4 is 5.43 Å². The summed E-state index contributed by atoms with van der Waals surface area (Å²) in [6.45, 7) is 2.03. The lowest BCUT2D eigenvalue weighted by atomic mass is 10.0. The summed E-state index contributed by atoms with van der Waals surface area (Å²) in [5.74, 6) is 0.279. The van der Waals surface area contributed by atoms with E-state index in [1.165, 1.54) is 12.1 Å². The molecule has 3 aromatic rings. The molecule has 4 rings (SSSR count).